The van der Waals surface area contributed by atoms with E-state index in [0.29, 0.717) is 23.1 Å². The van der Waals surface area contributed by atoms with Crippen molar-refractivity contribution in [2.75, 3.05) is 48.3 Å². The van der Waals surface area contributed by atoms with Gasteiger partial charge in [-0.15, -0.1) is 6.58 Å². The molecule has 0 spiro atoms. The van der Waals surface area contributed by atoms with Gasteiger partial charge in [0, 0.05) is 12.2 Å². The Morgan fingerprint density at radius 2 is 1.08 bits per heavy atom. The number of hydrogen-bond donors (Lipinski definition) is 8. The lowest BCUT2D eigenvalue weighted by molar-refractivity contribution is -0.320. The van der Waals surface area contributed by atoms with Crippen LogP contribution < -0.4 is 18.9 Å². The molecule has 0 aromatic heterocycles. The first kappa shape index (κ1) is 51.4. The quantitative estimate of drug-likeness (QED) is 0.0497. The number of aliphatic hydroxyl groups excluding tert-OH is 6. The molecule has 0 radical (unpaired) electrons. The van der Waals surface area contributed by atoms with Crippen LogP contribution in [0.4, 0.5) is 0 Å². The van der Waals surface area contributed by atoms with Crippen molar-refractivity contribution >= 4 is 24.1 Å². The van der Waals surface area contributed by atoms with Gasteiger partial charge in [-0.3, -0.25) is 0 Å². The van der Waals surface area contributed by atoms with Gasteiger partial charge in [-0.1, -0.05) is 17.7 Å². The Morgan fingerprint density at radius 3 is 1.48 bits per heavy atom. The zero-order chi connectivity index (χ0) is 47.3. The number of ether oxygens (including phenoxy) is 10. The van der Waals surface area contributed by atoms with E-state index in [1.165, 1.54) is 70.9 Å². The van der Waals surface area contributed by atoms with Gasteiger partial charge < -0.3 is 88.2 Å². The molecule has 0 aliphatic carbocycles. The van der Waals surface area contributed by atoms with Crippen LogP contribution in [0.25, 0.3) is 12.2 Å². The summed E-state index contributed by atoms with van der Waals surface area (Å²) in [4.78, 5) is 25.1. The lowest BCUT2D eigenvalue weighted by Gasteiger charge is -2.43. The third-order valence-corrected chi connectivity index (χ3v) is 10.4. The Morgan fingerprint density at radius 1 is 0.672 bits per heavy atom. The van der Waals surface area contributed by atoms with Crippen molar-refractivity contribution < 1.29 is 97.8 Å². The topological polar surface area (TPSA) is 288 Å². The minimum absolute atomic E-state index is 0.0908. The van der Waals surface area contributed by atoms with Crippen molar-refractivity contribution in [3.8, 4) is 34.5 Å². The monoisotopic (exact) mass is 906 g/mol. The molecule has 20 nitrogen and oxygen atoms in total. The summed E-state index contributed by atoms with van der Waals surface area (Å²) in [6, 6.07) is 5.86. The van der Waals surface area contributed by atoms with Gasteiger partial charge in [0.25, 0.3) is 0 Å². The van der Waals surface area contributed by atoms with E-state index in [1.807, 2.05) is 0 Å². The van der Waals surface area contributed by atoms with Crippen molar-refractivity contribution in [1.29, 1.82) is 0 Å². The average Bonchev–Trinajstić information content (AvgIpc) is 3.29. The van der Waals surface area contributed by atoms with Crippen LogP contribution in [0.2, 0.25) is 0 Å². The second-order valence-electron chi connectivity index (χ2n) is 15.0. The number of aromatic hydroxyl groups is 2. The highest BCUT2D eigenvalue weighted by molar-refractivity contribution is 5.88. The van der Waals surface area contributed by atoms with Gasteiger partial charge in [-0.25, -0.2) is 9.59 Å². The second kappa shape index (κ2) is 23.6. The SMILES string of the molecule is C=C[C@@](C)(CC/C=C(\C)CO[C@@H]1O[C@H](COC(=O)/C=C/c2cc(OC)c(O)c(OC)c2)[C@@H](O)[C@H](O)[C@H]1O)O[C@@H]1O[C@H](COC(=O)/C=C/c2cc(OC)c(O)c(OC)c2)[C@@H](O)[C@H](O)[C@H]1O. The fourth-order valence-corrected chi connectivity index (χ4v) is 6.47. The fourth-order valence-electron chi connectivity index (χ4n) is 6.47. The van der Waals surface area contributed by atoms with Crippen molar-refractivity contribution in [2.24, 2.45) is 0 Å². The smallest absolute Gasteiger partial charge is 0.330 e. The zero-order valence-corrected chi connectivity index (χ0v) is 36.3. The molecule has 0 unspecified atom stereocenters. The Bertz CT molecular complexity index is 1930. The first-order chi connectivity index (χ1) is 30.4. The molecule has 8 N–H and O–H groups in total. The number of aliphatic hydroxyl groups is 6. The molecule has 2 aromatic rings. The van der Waals surface area contributed by atoms with Crippen molar-refractivity contribution in [1.82, 2.24) is 0 Å². The summed E-state index contributed by atoms with van der Waals surface area (Å²) in [6.45, 7) is 6.10. The number of carbonyl (C=O) groups excluding carboxylic acids is 2. The highest BCUT2D eigenvalue weighted by Crippen LogP contribution is 2.39. The van der Waals surface area contributed by atoms with Crippen LogP contribution in [0.3, 0.4) is 0 Å². The molecule has 0 amide bonds. The Labute approximate surface area is 369 Å². The van der Waals surface area contributed by atoms with Crippen LogP contribution in [-0.4, -0.2) is 168 Å². The lowest BCUT2D eigenvalue weighted by Crippen LogP contribution is -2.60. The summed E-state index contributed by atoms with van der Waals surface area (Å²) in [5.74, 6) is -1.63. The molecule has 2 aliphatic heterocycles. The normalized spacial score (nSPS) is 27.2. The number of carbonyl (C=O) groups is 2. The van der Waals surface area contributed by atoms with Gasteiger partial charge >= 0.3 is 11.9 Å². The number of rotatable bonds is 21. The first-order valence-electron chi connectivity index (χ1n) is 20.0. The van der Waals surface area contributed by atoms with E-state index < -0.39 is 92.2 Å². The summed E-state index contributed by atoms with van der Waals surface area (Å²) >= 11 is 0. The highest BCUT2D eigenvalue weighted by atomic mass is 16.7. The molecule has 20 heteroatoms. The van der Waals surface area contributed by atoms with E-state index in [0.717, 1.165) is 12.2 Å². The van der Waals surface area contributed by atoms with Gasteiger partial charge in [0.05, 0.1) is 40.6 Å². The third kappa shape index (κ3) is 13.4. The number of phenolic OH excluding ortho intramolecular Hbond substituents is 2. The zero-order valence-electron chi connectivity index (χ0n) is 36.3. The molecular weight excluding hydrogens is 848 g/mol. The van der Waals surface area contributed by atoms with E-state index in [9.17, 15) is 50.4 Å². The molecule has 2 aliphatic rings. The van der Waals surface area contributed by atoms with Crippen molar-refractivity contribution in [3.63, 3.8) is 0 Å². The van der Waals surface area contributed by atoms with E-state index in [4.69, 9.17) is 47.4 Å². The molecule has 11 atom stereocenters. The molecule has 2 fully saturated rings. The maximum Gasteiger partial charge on any atom is 0.330 e. The molecule has 354 valence electrons. The Balaban J connectivity index is 1.27. The minimum atomic E-state index is -1.73. The number of allylic oxidation sites excluding steroid dienone is 1. The Kier molecular flexibility index (Phi) is 18.9. The number of methoxy groups -OCH3 is 4. The van der Waals surface area contributed by atoms with Crippen LogP contribution in [-0.2, 0) is 38.0 Å². The molecule has 2 saturated heterocycles. The average molecular weight is 907 g/mol. The van der Waals surface area contributed by atoms with Crippen molar-refractivity contribution in [3.05, 3.63) is 71.8 Å². The summed E-state index contributed by atoms with van der Waals surface area (Å²) in [5.41, 5.74) is 0.386. The number of hydrogen-bond acceptors (Lipinski definition) is 20. The van der Waals surface area contributed by atoms with E-state index in [2.05, 4.69) is 6.58 Å². The predicted molar refractivity (Wildman–Crippen MR) is 224 cm³/mol. The molecule has 2 aromatic carbocycles. The second-order valence-corrected chi connectivity index (χ2v) is 15.0. The Hall–Kier alpha value is -5.26. The van der Waals surface area contributed by atoms with E-state index in [-0.39, 0.29) is 47.5 Å². The van der Waals surface area contributed by atoms with Gasteiger partial charge in [-0.05, 0) is 74.2 Å². The maximum absolute atomic E-state index is 12.6. The summed E-state index contributed by atoms with van der Waals surface area (Å²) in [7, 11) is 5.41. The summed E-state index contributed by atoms with van der Waals surface area (Å²) < 4.78 is 54.1. The molecular formula is C44H58O20. The van der Waals surface area contributed by atoms with Crippen LogP contribution >= 0.6 is 0 Å². The fraction of sp³-hybridized carbons (Fsp3) is 0.500. The maximum atomic E-state index is 12.6. The third-order valence-electron chi connectivity index (χ3n) is 10.4. The van der Waals surface area contributed by atoms with E-state index >= 15 is 0 Å². The summed E-state index contributed by atoms with van der Waals surface area (Å²) in [6.07, 6.45) is -6.68. The first-order valence-corrected chi connectivity index (χ1v) is 20.0. The standard InChI is InChI=1S/C44H58O20/c1-8-44(3,64-43-41(54)39(52)37(50)31(63-43)22-60-33(46)14-12-25-18-28(57-6)35(48)29(19-25)58-7)15-9-10-23(2)20-61-42-40(53)38(51)36(49)30(62-42)21-59-32(45)13-11-24-16-26(55-4)34(47)27(17-24)56-5/h8,10-14,16-19,30-31,36-43,47-54H,1,9,15,20-22H2,2-7H3/b13-11+,14-12+,23-10+/t30-,31-,36-,37-,38+,39+,40-,41-,42-,43+,44+/m1/s1. The molecule has 2 heterocycles. The van der Waals surface area contributed by atoms with E-state index in [1.54, 1.807) is 19.9 Å². The van der Waals surface area contributed by atoms with Gasteiger partial charge in [0.2, 0.25) is 11.5 Å². The van der Waals surface area contributed by atoms with Crippen LogP contribution in [0, 0.1) is 0 Å². The molecule has 4 rings (SSSR count). The lowest BCUT2D eigenvalue weighted by atomic mass is 9.96. The van der Waals surface area contributed by atoms with Crippen LogP contribution in [0.15, 0.2) is 60.7 Å². The van der Waals surface area contributed by atoms with Crippen LogP contribution in [0.1, 0.15) is 37.8 Å². The predicted octanol–water partition coefficient (Wildman–Crippen LogP) is 1.26. The number of esters is 2. The number of phenols is 2. The van der Waals surface area contributed by atoms with Crippen molar-refractivity contribution in [2.45, 2.75) is 93.7 Å². The van der Waals surface area contributed by atoms with Gasteiger partial charge in [0.15, 0.2) is 35.6 Å². The summed E-state index contributed by atoms with van der Waals surface area (Å²) in [5, 5.41) is 83.8. The largest absolute Gasteiger partial charge is 0.502 e. The number of benzene rings is 2. The van der Waals surface area contributed by atoms with Gasteiger partial charge in [0.1, 0.15) is 62.0 Å². The minimum Gasteiger partial charge on any atom is -0.502 e. The van der Waals surface area contributed by atoms with Gasteiger partial charge in [-0.2, -0.15) is 0 Å². The highest BCUT2D eigenvalue weighted by Gasteiger charge is 2.47. The molecule has 0 saturated carbocycles. The van der Waals surface area contributed by atoms with Crippen LogP contribution in [0.5, 0.6) is 34.5 Å². The molecule has 0 bridgehead atoms. The molecule has 64 heavy (non-hydrogen) atoms.